The third-order valence-electron chi connectivity index (χ3n) is 13.3. The highest BCUT2D eigenvalue weighted by molar-refractivity contribution is 7.80. The summed E-state index contributed by atoms with van der Waals surface area (Å²) < 4.78 is 4.99. The number of benzene rings is 2. The van der Waals surface area contributed by atoms with Gasteiger partial charge in [0.15, 0.2) is 10.2 Å². The largest absolute Gasteiger partial charge is 0.469 e. The number of carbonyl (C=O) groups is 1. The monoisotopic (exact) mass is 728 g/mol. The zero-order valence-electron chi connectivity index (χ0n) is 31.2. The predicted molar refractivity (Wildman–Crippen MR) is 217 cm³/mol. The highest BCUT2D eigenvalue weighted by Crippen LogP contribution is 2.67. The van der Waals surface area contributed by atoms with Gasteiger partial charge in [-0.25, -0.2) is 0 Å². The van der Waals surface area contributed by atoms with E-state index in [1.54, 1.807) is 0 Å². The van der Waals surface area contributed by atoms with Gasteiger partial charge >= 0.3 is 5.97 Å². The zero-order chi connectivity index (χ0) is 36.3. The Kier molecular flexibility index (Phi) is 11.5. The smallest absolute Gasteiger partial charge is 0.305 e. The predicted octanol–water partition coefficient (Wildman–Crippen LogP) is 9.15. The van der Waals surface area contributed by atoms with Crippen molar-refractivity contribution in [2.75, 3.05) is 17.7 Å². The Bertz CT molecular complexity index is 1660. The van der Waals surface area contributed by atoms with Crippen molar-refractivity contribution >= 4 is 63.4 Å². The standard InChI is InChI=1S/C41H56N6O2S2/c1-25-7-12-28(13-8-25)42-38(50)46-44-30-19-21-41(5)34-20-22-40(4)32(27(3)11-18-37(48)49-6)16-17-33(40)31(34)24-36(35(41)23-30)45-47-39(51)43-29-14-9-26(2)10-15-29/h7-10,12-15,27,31-35H,11,16-24H2,1-6H3,(H2,42,46,50)(H2,43,47,51)/b44-30+,45-36+/t27-,31+,32-,33+,34+,35+,40-,41-/m1/s1. The van der Waals surface area contributed by atoms with Gasteiger partial charge in [-0.15, -0.1) is 0 Å². The number of ether oxygens (including phenoxy) is 1. The van der Waals surface area contributed by atoms with Crippen LogP contribution in [0.4, 0.5) is 11.4 Å². The van der Waals surface area contributed by atoms with Crippen molar-refractivity contribution in [3.63, 3.8) is 0 Å². The second-order valence-electron chi connectivity index (χ2n) is 16.3. The third-order valence-corrected chi connectivity index (χ3v) is 13.7. The molecule has 0 amide bonds. The fourth-order valence-electron chi connectivity index (χ4n) is 10.6. The number of hydrazone groups is 2. The van der Waals surface area contributed by atoms with Gasteiger partial charge in [-0.1, -0.05) is 56.2 Å². The molecular weight excluding hydrogens is 673 g/mol. The van der Waals surface area contributed by atoms with Gasteiger partial charge in [0.1, 0.15) is 0 Å². The molecule has 0 spiro atoms. The molecule has 4 aliphatic rings. The number of hydrogen-bond acceptors (Lipinski definition) is 6. The Morgan fingerprint density at radius 1 is 0.843 bits per heavy atom. The van der Waals surface area contributed by atoms with Crippen LogP contribution < -0.4 is 21.5 Å². The van der Waals surface area contributed by atoms with Gasteiger partial charge in [0.2, 0.25) is 0 Å². The van der Waals surface area contributed by atoms with Gasteiger partial charge in [0.05, 0.1) is 7.11 Å². The zero-order valence-corrected chi connectivity index (χ0v) is 32.8. The second kappa shape index (κ2) is 15.7. The van der Waals surface area contributed by atoms with Crippen LogP contribution in [0.1, 0.15) is 96.1 Å². The minimum Gasteiger partial charge on any atom is -0.469 e. The average molecular weight is 729 g/mol. The Morgan fingerprint density at radius 3 is 2.04 bits per heavy atom. The highest BCUT2D eigenvalue weighted by Gasteiger charge is 2.62. The van der Waals surface area contributed by atoms with Crippen LogP contribution >= 0.6 is 24.4 Å². The lowest BCUT2D eigenvalue weighted by molar-refractivity contribution is -0.141. The Balaban J connectivity index is 1.22. The normalized spacial score (nSPS) is 31.8. The molecule has 0 bridgehead atoms. The van der Waals surface area contributed by atoms with Crippen molar-refractivity contribution in [3.8, 4) is 0 Å². The van der Waals surface area contributed by atoms with Crippen molar-refractivity contribution in [3.05, 3.63) is 59.7 Å². The van der Waals surface area contributed by atoms with Crippen molar-refractivity contribution in [1.29, 1.82) is 0 Å². The van der Waals surface area contributed by atoms with E-state index in [-0.39, 0.29) is 22.7 Å². The molecule has 10 heteroatoms. The molecule has 274 valence electrons. The highest BCUT2D eigenvalue weighted by atomic mass is 32.1. The number of aryl methyl sites for hydroxylation is 2. The van der Waals surface area contributed by atoms with E-state index in [0.29, 0.717) is 46.2 Å². The van der Waals surface area contributed by atoms with Crippen LogP contribution in [-0.4, -0.2) is 34.7 Å². The fraction of sp³-hybridized carbons (Fsp3) is 0.585. The van der Waals surface area contributed by atoms with Crippen LogP contribution in [0, 0.1) is 60.2 Å². The van der Waals surface area contributed by atoms with Crippen LogP contribution in [0.15, 0.2) is 58.7 Å². The fourth-order valence-corrected chi connectivity index (χ4v) is 10.9. The van der Waals surface area contributed by atoms with Gasteiger partial charge in [0.25, 0.3) is 0 Å². The quantitative estimate of drug-likeness (QED) is 0.121. The lowest BCUT2D eigenvalue weighted by atomic mass is 9.44. The van der Waals surface area contributed by atoms with Crippen LogP contribution in [0.3, 0.4) is 0 Å². The molecule has 0 unspecified atom stereocenters. The van der Waals surface area contributed by atoms with Crippen LogP contribution in [0.5, 0.6) is 0 Å². The summed E-state index contributed by atoms with van der Waals surface area (Å²) in [5.41, 5.74) is 13.4. The minimum absolute atomic E-state index is 0.0978. The maximum atomic E-state index is 12.0. The molecular formula is C41H56N6O2S2. The number of hydrogen-bond donors (Lipinski definition) is 4. The Labute approximate surface area is 315 Å². The molecule has 4 saturated carbocycles. The molecule has 0 heterocycles. The summed E-state index contributed by atoms with van der Waals surface area (Å²) in [6.45, 7) is 11.6. The van der Waals surface area contributed by atoms with Crippen molar-refractivity contribution in [2.24, 2.45) is 56.5 Å². The number of esters is 1. The molecule has 2 aromatic rings. The summed E-state index contributed by atoms with van der Waals surface area (Å²) in [6.07, 6.45) is 10.2. The van der Waals surface area contributed by atoms with E-state index < -0.39 is 0 Å². The lowest BCUT2D eigenvalue weighted by Crippen LogP contribution is -2.57. The topological polar surface area (TPSA) is 99.1 Å². The molecule has 0 saturated heterocycles. The first kappa shape index (κ1) is 37.4. The summed E-state index contributed by atoms with van der Waals surface area (Å²) in [6, 6.07) is 16.4. The summed E-state index contributed by atoms with van der Waals surface area (Å²) >= 11 is 11.4. The number of methoxy groups -OCH3 is 1. The Hall–Kier alpha value is -3.37. The molecule has 4 fully saturated rings. The summed E-state index contributed by atoms with van der Waals surface area (Å²) in [7, 11) is 1.49. The molecule has 8 atom stereocenters. The van der Waals surface area contributed by atoms with E-state index in [9.17, 15) is 4.79 Å². The van der Waals surface area contributed by atoms with E-state index >= 15 is 0 Å². The third kappa shape index (κ3) is 8.17. The molecule has 51 heavy (non-hydrogen) atoms. The van der Waals surface area contributed by atoms with Gasteiger partial charge in [-0.3, -0.25) is 15.6 Å². The second-order valence-corrected chi connectivity index (χ2v) is 17.1. The SMILES string of the molecule is COC(=O)CC[C@@H](C)[C@H]1CC[C@H]2[C@@H]3C/C(=N\NC(=S)Nc4ccc(C)cc4)[C@@H]4C/C(=N/NC(=S)Nc5ccc(C)cc5)CC[C@]4(C)[C@H]3CC[C@]12C. The van der Waals surface area contributed by atoms with Gasteiger partial charge in [-0.2, -0.15) is 10.2 Å². The van der Waals surface area contributed by atoms with E-state index in [1.807, 2.05) is 24.3 Å². The summed E-state index contributed by atoms with van der Waals surface area (Å²) in [5.74, 6) is 3.14. The first-order chi connectivity index (χ1) is 24.4. The van der Waals surface area contributed by atoms with Crippen LogP contribution in [0.2, 0.25) is 0 Å². The molecule has 0 aromatic heterocycles. The van der Waals surface area contributed by atoms with Crippen molar-refractivity contribution < 1.29 is 9.53 Å². The van der Waals surface area contributed by atoms with Crippen molar-refractivity contribution in [2.45, 2.75) is 98.8 Å². The lowest BCUT2D eigenvalue weighted by Gasteiger charge is -2.61. The maximum absolute atomic E-state index is 12.0. The average Bonchev–Trinajstić information content (AvgIpc) is 3.48. The summed E-state index contributed by atoms with van der Waals surface area (Å²) in [4.78, 5) is 12.0. The number of fused-ring (bicyclic) bond motifs is 5. The van der Waals surface area contributed by atoms with Crippen molar-refractivity contribution in [1.82, 2.24) is 10.9 Å². The van der Waals surface area contributed by atoms with E-state index in [4.69, 9.17) is 39.4 Å². The Morgan fingerprint density at radius 2 is 1.43 bits per heavy atom. The van der Waals surface area contributed by atoms with Crippen LogP contribution in [0.25, 0.3) is 0 Å². The molecule has 2 aromatic carbocycles. The van der Waals surface area contributed by atoms with Gasteiger partial charge < -0.3 is 15.4 Å². The number of anilines is 2. The van der Waals surface area contributed by atoms with Crippen LogP contribution in [-0.2, 0) is 9.53 Å². The number of rotatable bonds is 8. The van der Waals surface area contributed by atoms with Gasteiger partial charge in [0, 0.05) is 35.1 Å². The van der Waals surface area contributed by atoms with E-state index in [0.717, 1.165) is 49.2 Å². The maximum Gasteiger partial charge on any atom is 0.305 e. The van der Waals surface area contributed by atoms with E-state index in [2.05, 4.69) is 80.4 Å². The number of carbonyl (C=O) groups excluding carboxylic acids is 1. The minimum atomic E-state index is -0.0978. The molecule has 0 aliphatic heterocycles. The molecule has 8 nitrogen and oxygen atoms in total. The number of nitrogens with zero attached hydrogens (tertiary/aromatic N) is 2. The first-order valence-corrected chi connectivity index (χ1v) is 19.7. The number of nitrogens with one attached hydrogen (secondary N) is 4. The van der Waals surface area contributed by atoms with E-state index in [1.165, 1.54) is 49.6 Å². The molecule has 4 aliphatic carbocycles. The number of thiocarbonyl (C=S) groups is 2. The molecule has 6 rings (SSSR count). The summed E-state index contributed by atoms with van der Waals surface area (Å²) in [5, 5.41) is 17.6. The molecule has 4 N–H and O–H groups in total. The molecule has 0 radical (unpaired) electrons. The van der Waals surface area contributed by atoms with Gasteiger partial charge in [-0.05, 0) is 161 Å². The first-order valence-electron chi connectivity index (χ1n) is 18.9.